The molecule has 2 atom stereocenters. The van der Waals surface area contributed by atoms with Gasteiger partial charge in [0, 0.05) is 30.6 Å². The highest BCUT2D eigenvalue weighted by atomic mass is 16.2. The van der Waals surface area contributed by atoms with E-state index < -0.39 is 0 Å². The molecule has 2 aromatic carbocycles. The molecule has 28 heavy (non-hydrogen) atoms. The molecule has 0 spiro atoms. The number of nitrogens with two attached hydrogens (primary N) is 1. The second-order valence-electron chi connectivity index (χ2n) is 8.44. The molecular formula is C24H31N3O. The van der Waals surface area contributed by atoms with Crippen LogP contribution in [0.1, 0.15) is 53.9 Å². The molecular weight excluding hydrogens is 346 g/mol. The Morgan fingerprint density at radius 3 is 2.18 bits per heavy atom. The molecule has 0 radical (unpaired) electrons. The Morgan fingerprint density at radius 1 is 0.929 bits per heavy atom. The summed E-state index contributed by atoms with van der Waals surface area (Å²) in [6.07, 6.45) is 5.86. The van der Waals surface area contributed by atoms with Crippen molar-refractivity contribution in [1.29, 1.82) is 0 Å². The van der Waals surface area contributed by atoms with E-state index in [0.29, 0.717) is 23.8 Å². The van der Waals surface area contributed by atoms with Gasteiger partial charge in [-0.3, -0.25) is 16.1 Å². The fourth-order valence-electron chi connectivity index (χ4n) is 4.76. The van der Waals surface area contributed by atoms with E-state index in [1.165, 1.54) is 31.2 Å². The van der Waals surface area contributed by atoms with Crippen molar-refractivity contribution in [2.45, 2.75) is 44.1 Å². The van der Waals surface area contributed by atoms with Gasteiger partial charge in [0.25, 0.3) is 5.91 Å². The molecule has 0 bridgehead atoms. The predicted molar refractivity (Wildman–Crippen MR) is 113 cm³/mol. The monoisotopic (exact) mass is 377 g/mol. The number of benzene rings is 2. The normalized spacial score (nSPS) is 26.6. The zero-order valence-corrected chi connectivity index (χ0v) is 16.5. The van der Waals surface area contributed by atoms with Crippen LogP contribution >= 0.6 is 0 Å². The number of nitrogens with one attached hydrogen (secondary N) is 1. The zero-order chi connectivity index (χ0) is 19.3. The second kappa shape index (κ2) is 8.89. The molecule has 1 amide bonds. The van der Waals surface area contributed by atoms with E-state index in [1.54, 1.807) is 0 Å². The molecule has 4 rings (SSSR count). The molecule has 2 aliphatic carbocycles. The summed E-state index contributed by atoms with van der Waals surface area (Å²) in [6.45, 7) is 1.78. The predicted octanol–water partition coefficient (Wildman–Crippen LogP) is 3.95. The molecule has 0 aromatic heterocycles. The van der Waals surface area contributed by atoms with Crippen LogP contribution < -0.4 is 11.3 Å². The molecule has 0 aliphatic heterocycles. The molecule has 2 aliphatic rings. The molecule has 2 unspecified atom stereocenters. The van der Waals surface area contributed by atoms with Gasteiger partial charge in [-0.15, -0.1) is 0 Å². The summed E-state index contributed by atoms with van der Waals surface area (Å²) < 4.78 is 0. The molecule has 148 valence electrons. The van der Waals surface area contributed by atoms with Gasteiger partial charge in [0.05, 0.1) is 0 Å². The average Bonchev–Trinajstić information content (AvgIpc) is 3.55. The Morgan fingerprint density at radius 2 is 1.54 bits per heavy atom. The first-order chi connectivity index (χ1) is 13.8. The molecule has 0 heterocycles. The van der Waals surface area contributed by atoms with Crippen LogP contribution in [0.5, 0.6) is 0 Å². The molecule has 2 aromatic rings. The number of hydrogen-bond acceptors (Lipinski definition) is 3. The van der Waals surface area contributed by atoms with Crippen molar-refractivity contribution in [1.82, 2.24) is 10.3 Å². The lowest BCUT2D eigenvalue weighted by molar-refractivity contribution is 0.0686. The molecule has 4 heteroatoms. The van der Waals surface area contributed by atoms with E-state index >= 15 is 0 Å². The summed E-state index contributed by atoms with van der Waals surface area (Å²) in [5.74, 6) is 7.44. The first-order valence-electron chi connectivity index (χ1n) is 10.6. The third-order valence-electron chi connectivity index (χ3n) is 6.49. The van der Waals surface area contributed by atoms with Gasteiger partial charge in [0.2, 0.25) is 0 Å². The minimum absolute atomic E-state index is 0.190. The van der Waals surface area contributed by atoms with E-state index in [4.69, 9.17) is 5.84 Å². The van der Waals surface area contributed by atoms with Crippen LogP contribution in [0, 0.1) is 11.8 Å². The van der Waals surface area contributed by atoms with Gasteiger partial charge in [0.15, 0.2) is 0 Å². The maximum absolute atomic E-state index is 13.3. The third kappa shape index (κ3) is 4.45. The summed E-state index contributed by atoms with van der Waals surface area (Å²) in [7, 11) is 0. The summed E-state index contributed by atoms with van der Waals surface area (Å²) >= 11 is 0. The van der Waals surface area contributed by atoms with Crippen molar-refractivity contribution >= 4 is 5.91 Å². The fraction of sp³-hybridized carbons (Fsp3) is 0.458. The number of nitrogens with zero attached hydrogens (tertiary/aromatic N) is 1. The number of hydrazine groups is 1. The molecule has 2 fully saturated rings. The van der Waals surface area contributed by atoms with Crippen molar-refractivity contribution in [2.75, 3.05) is 13.1 Å². The van der Waals surface area contributed by atoms with Crippen molar-refractivity contribution in [2.24, 2.45) is 17.7 Å². The van der Waals surface area contributed by atoms with Crippen molar-refractivity contribution in [3.05, 3.63) is 71.8 Å². The van der Waals surface area contributed by atoms with E-state index in [1.807, 2.05) is 30.3 Å². The molecule has 0 saturated heterocycles. The van der Waals surface area contributed by atoms with Crippen LogP contribution in [0.15, 0.2) is 60.7 Å². The smallest absolute Gasteiger partial charge is 0.254 e. The maximum Gasteiger partial charge on any atom is 0.254 e. The highest BCUT2D eigenvalue weighted by Crippen LogP contribution is 2.46. The largest absolute Gasteiger partial charge is 0.335 e. The third-order valence-corrected chi connectivity index (χ3v) is 6.49. The van der Waals surface area contributed by atoms with Crippen LogP contribution in [0.25, 0.3) is 0 Å². The molecule has 2 saturated carbocycles. The lowest BCUT2D eigenvalue weighted by Gasteiger charge is -2.33. The average molecular weight is 378 g/mol. The number of carbonyl (C=O) groups is 1. The first-order valence-corrected chi connectivity index (χ1v) is 10.6. The minimum atomic E-state index is 0.190. The van der Waals surface area contributed by atoms with Gasteiger partial charge >= 0.3 is 0 Å². The number of amides is 1. The fourth-order valence-corrected chi connectivity index (χ4v) is 4.76. The van der Waals surface area contributed by atoms with Crippen LogP contribution in [0.4, 0.5) is 0 Å². The standard InChI is InChI=1S/C24H31N3O/c25-26-16-18-11-13-19(14-12-18)17-27(24(28)21-9-5-2-6-10-21)23-15-22(23)20-7-3-1-4-8-20/h1-10,18-19,22-23,26H,11-17,25H2. The number of rotatable bonds is 7. The summed E-state index contributed by atoms with van der Waals surface area (Å²) in [5, 5.41) is 0. The van der Waals surface area contributed by atoms with E-state index in [-0.39, 0.29) is 5.91 Å². The Bertz CT molecular complexity index is 756. The quantitative estimate of drug-likeness (QED) is 0.567. The van der Waals surface area contributed by atoms with Crippen molar-refractivity contribution in [3.63, 3.8) is 0 Å². The summed E-state index contributed by atoms with van der Waals surface area (Å²) in [6, 6.07) is 20.7. The van der Waals surface area contributed by atoms with Gasteiger partial charge < -0.3 is 4.90 Å². The van der Waals surface area contributed by atoms with Gasteiger partial charge in [-0.25, -0.2) is 0 Å². The number of carbonyl (C=O) groups excluding carboxylic acids is 1. The van der Waals surface area contributed by atoms with Crippen LogP contribution in [-0.4, -0.2) is 29.9 Å². The lowest BCUT2D eigenvalue weighted by atomic mass is 9.81. The zero-order valence-electron chi connectivity index (χ0n) is 16.5. The summed E-state index contributed by atoms with van der Waals surface area (Å²) in [4.78, 5) is 15.5. The van der Waals surface area contributed by atoms with Gasteiger partial charge in [0.1, 0.15) is 0 Å². The lowest BCUT2D eigenvalue weighted by Crippen LogP contribution is -2.39. The van der Waals surface area contributed by atoms with Crippen molar-refractivity contribution in [3.8, 4) is 0 Å². The minimum Gasteiger partial charge on any atom is -0.335 e. The number of hydrogen-bond donors (Lipinski definition) is 2. The van der Waals surface area contributed by atoms with Crippen molar-refractivity contribution < 1.29 is 4.79 Å². The second-order valence-corrected chi connectivity index (χ2v) is 8.44. The highest BCUT2D eigenvalue weighted by Gasteiger charge is 2.45. The van der Waals surface area contributed by atoms with E-state index in [9.17, 15) is 4.79 Å². The van der Waals surface area contributed by atoms with E-state index in [2.05, 4.69) is 40.7 Å². The summed E-state index contributed by atoms with van der Waals surface area (Å²) in [5.41, 5.74) is 4.99. The Balaban J connectivity index is 1.46. The van der Waals surface area contributed by atoms with Crippen LogP contribution in [0.2, 0.25) is 0 Å². The molecule has 3 N–H and O–H groups in total. The Labute approximate surface area is 168 Å². The Hall–Kier alpha value is -2.17. The Kier molecular flexibility index (Phi) is 6.08. The van der Waals surface area contributed by atoms with Gasteiger partial charge in [-0.2, -0.15) is 0 Å². The van der Waals surface area contributed by atoms with Crippen LogP contribution in [0.3, 0.4) is 0 Å². The topological polar surface area (TPSA) is 58.4 Å². The molecule has 4 nitrogen and oxygen atoms in total. The maximum atomic E-state index is 13.3. The SMILES string of the molecule is NNCC1CCC(CN(C(=O)c2ccccc2)C2CC2c2ccccc2)CC1. The van der Waals surface area contributed by atoms with Gasteiger partial charge in [-0.05, 0) is 61.6 Å². The first kappa shape index (κ1) is 19.2. The van der Waals surface area contributed by atoms with Crippen LogP contribution in [-0.2, 0) is 0 Å². The van der Waals surface area contributed by atoms with Gasteiger partial charge in [-0.1, -0.05) is 48.5 Å². The highest BCUT2D eigenvalue weighted by molar-refractivity contribution is 5.94. The van der Waals surface area contributed by atoms with E-state index in [0.717, 1.165) is 25.1 Å².